The van der Waals surface area contributed by atoms with E-state index in [9.17, 15) is 0 Å². The Hall–Kier alpha value is -3.32. The van der Waals surface area contributed by atoms with E-state index in [1.807, 2.05) is 0 Å². The molecule has 1 N–H and O–H groups in total. The standard InChI is InChI=1S/C30H27N/c1-29(2)15-13-23-25(17-29)19-9-5-7-11-21(19)27(23)31-28-22-12-8-6-10-20(22)26-18-30(3,4)16-14-24(26)28/h5-18,31H,1-4H3. The lowest BCUT2D eigenvalue weighted by molar-refractivity contribution is 0.624. The zero-order valence-electron chi connectivity index (χ0n) is 18.6. The summed E-state index contributed by atoms with van der Waals surface area (Å²) in [5.74, 6) is 0. The van der Waals surface area contributed by atoms with Gasteiger partial charge in [0.05, 0.1) is 11.4 Å². The van der Waals surface area contributed by atoms with Gasteiger partial charge in [-0.3, -0.25) is 0 Å². The number of hydrogen-bond acceptors (Lipinski definition) is 1. The first kappa shape index (κ1) is 18.4. The summed E-state index contributed by atoms with van der Waals surface area (Å²) in [4.78, 5) is 0. The highest BCUT2D eigenvalue weighted by Crippen LogP contribution is 2.50. The van der Waals surface area contributed by atoms with Crippen molar-refractivity contribution in [2.45, 2.75) is 27.7 Å². The molecular weight excluding hydrogens is 374 g/mol. The summed E-state index contributed by atoms with van der Waals surface area (Å²) in [5.41, 5.74) is 13.1. The van der Waals surface area contributed by atoms with Gasteiger partial charge in [0, 0.05) is 33.1 Å². The number of nitrogens with one attached hydrogen (secondary N) is 1. The minimum atomic E-state index is 0.0663. The van der Waals surface area contributed by atoms with Crippen LogP contribution >= 0.6 is 0 Å². The second-order valence-electron chi connectivity index (χ2n) is 10.2. The minimum absolute atomic E-state index is 0.0663. The van der Waals surface area contributed by atoms with Crippen LogP contribution in [-0.2, 0) is 0 Å². The van der Waals surface area contributed by atoms with Crippen molar-refractivity contribution < 1.29 is 0 Å². The van der Waals surface area contributed by atoms with Gasteiger partial charge in [0.2, 0.25) is 0 Å². The Labute approximate surface area is 184 Å². The fourth-order valence-electron chi connectivity index (χ4n) is 5.21. The van der Waals surface area contributed by atoms with E-state index >= 15 is 0 Å². The molecule has 0 saturated carbocycles. The van der Waals surface area contributed by atoms with Crippen LogP contribution < -0.4 is 5.32 Å². The van der Waals surface area contributed by atoms with E-state index in [2.05, 4.69) is 118 Å². The molecule has 152 valence electrons. The van der Waals surface area contributed by atoms with Crippen molar-refractivity contribution in [1.82, 2.24) is 5.32 Å². The fraction of sp³-hybridized carbons (Fsp3) is 0.200. The first-order valence-electron chi connectivity index (χ1n) is 11.1. The van der Waals surface area contributed by atoms with Crippen LogP contribution in [0.25, 0.3) is 22.5 Å². The molecule has 0 unspecified atom stereocenters. The van der Waals surface area contributed by atoms with Crippen LogP contribution in [0.15, 0.2) is 96.1 Å². The maximum absolute atomic E-state index is 3.92. The minimum Gasteiger partial charge on any atom is -0.353 e. The van der Waals surface area contributed by atoms with Crippen molar-refractivity contribution in [3.63, 3.8) is 0 Å². The topological polar surface area (TPSA) is 12.0 Å². The molecule has 1 heteroatoms. The lowest BCUT2D eigenvalue weighted by atomic mass is 9.82. The molecule has 4 aliphatic carbocycles. The average molecular weight is 402 g/mol. The molecule has 0 heterocycles. The summed E-state index contributed by atoms with van der Waals surface area (Å²) < 4.78 is 0. The highest BCUT2D eigenvalue weighted by atomic mass is 14.9. The SMILES string of the molecule is CC1(C)C=CC2=C(NC3=C4C=CC(C)(C)C=C4c4ccccc43)c3ccccc3C2=C1. The predicted molar refractivity (Wildman–Crippen MR) is 132 cm³/mol. The zero-order valence-corrected chi connectivity index (χ0v) is 18.6. The first-order chi connectivity index (χ1) is 14.8. The van der Waals surface area contributed by atoms with E-state index in [0.29, 0.717) is 0 Å². The number of allylic oxidation sites excluding steroid dienone is 10. The molecule has 2 aromatic rings. The fourth-order valence-corrected chi connectivity index (χ4v) is 5.21. The van der Waals surface area contributed by atoms with Gasteiger partial charge in [-0.05, 0) is 22.3 Å². The largest absolute Gasteiger partial charge is 0.353 e. The number of hydrogen-bond donors (Lipinski definition) is 1. The summed E-state index contributed by atoms with van der Waals surface area (Å²) in [7, 11) is 0. The Morgan fingerprint density at radius 1 is 0.548 bits per heavy atom. The third-order valence-electron chi connectivity index (χ3n) is 6.73. The molecule has 0 spiro atoms. The van der Waals surface area contributed by atoms with Gasteiger partial charge in [0.25, 0.3) is 0 Å². The Balaban J connectivity index is 1.55. The summed E-state index contributed by atoms with van der Waals surface area (Å²) in [6.45, 7) is 9.07. The molecule has 0 aromatic heterocycles. The van der Waals surface area contributed by atoms with Crippen LogP contribution in [0, 0.1) is 10.8 Å². The van der Waals surface area contributed by atoms with Gasteiger partial charge in [0.1, 0.15) is 0 Å². The molecule has 0 saturated heterocycles. The van der Waals surface area contributed by atoms with Crippen molar-refractivity contribution >= 4 is 22.5 Å². The van der Waals surface area contributed by atoms with Crippen molar-refractivity contribution in [3.05, 3.63) is 118 Å². The Morgan fingerprint density at radius 3 is 1.35 bits per heavy atom. The molecule has 2 aromatic carbocycles. The van der Waals surface area contributed by atoms with Gasteiger partial charge < -0.3 is 5.32 Å². The summed E-state index contributed by atoms with van der Waals surface area (Å²) in [5, 5.41) is 3.92. The lowest BCUT2D eigenvalue weighted by Crippen LogP contribution is -2.13. The van der Waals surface area contributed by atoms with E-state index in [1.165, 1.54) is 55.9 Å². The molecule has 0 aliphatic heterocycles. The van der Waals surface area contributed by atoms with Gasteiger partial charge in [-0.1, -0.05) is 113 Å². The van der Waals surface area contributed by atoms with Crippen molar-refractivity contribution in [3.8, 4) is 0 Å². The molecule has 0 atom stereocenters. The Kier molecular flexibility index (Phi) is 3.63. The smallest absolute Gasteiger partial charge is 0.0544 e. The molecule has 0 fully saturated rings. The van der Waals surface area contributed by atoms with Gasteiger partial charge in [0.15, 0.2) is 0 Å². The maximum atomic E-state index is 3.92. The molecule has 4 aliphatic rings. The van der Waals surface area contributed by atoms with Crippen molar-refractivity contribution in [1.29, 1.82) is 0 Å². The third-order valence-corrected chi connectivity index (χ3v) is 6.73. The molecule has 0 radical (unpaired) electrons. The van der Waals surface area contributed by atoms with Crippen LogP contribution in [0.5, 0.6) is 0 Å². The first-order valence-corrected chi connectivity index (χ1v) is 11.1. The van der Waals surface area contributed by atoms with Crippen LogP contribution in [-0.4, -0.2) is 0 Å². The highest BCUT2D eigenvalue weighted by Gasteiger charge is 2.34. The van der Waals surface area contributed by atoms with E-state index < -0.39 is 0 Å². The quantitative estimate of drug-likeness (QED) is 0.553. The van der Waals surface area contributed by atoms with Gasteiger partial charge in [-0.2, -0.15) is 0 Å². The third kappa shape index (κ3) is 2.76. The van der Waals surface area contributed by atoms with E-state index in [-0.39, 0.29) is 10.8 Å². The molecular formula is C30H27N. The number of benzene rings is 2. The second-order valence-corrected chi connectivity index (χ2v) is 10.2. The number of fused-ring (bicyclic) bond motifs is 6. The lowest BCUT2D eigenvalue weighted by Gasteiger charge is -2.23. The second kappa shape index (κ2) is 6.11. The summed E-state index contributed by atoms with van der Waals surface area (Å²) in [6, 6.07) is 17.6. The maximum Gasteiger partial charge on any atom is 0.0544 e. The number of rotatable bonds is 2. The van der Waals surface area contributed by atoms with E-state index in [1.54, 1.807) is 0 Å². The van der Waals surface area contributed by atoms with Crippen LogP contribution in [0.1, 0.15) is 49.9 Å². The molecule has 0 bridgehead atoms. The average Bonchev–Trinajstić information content (AvgIpc) is 3.20. The highest BCUT2D eigenvalue weighted by molar-refractivity contribution is 6.08. The van der Waals surface area contributed by atoms with Gasteiger partial charge in [-0.25, -0.2) is 0 Å². The van der Waals surface area contributed by atoms with E-state index in [0.717, 1.165) is 0 Å². The molecule has 6 rings (SSSR count). The Bertz CT molecular complexity index is 1230. The van der Waals surface area contributed by atoms with Gasteiger partial charge in [-0.15, -0.1) is 0 Å². The van der Waals surface area contributed by atoms with Gasteiger partial charge >= 0.3 is 0 Å². The van der Waals surface area contributed by atoms with Crippen molar-refractivity contribution in [2.24, 2.45) is 10.8 Å². The van der Waals surface area contributed by atoms with Crippen LogP contribution in [0.2, 0.25) is 0 Å². The molecule has 1 nitrogen and oxygen atoms in total. The summed E-state index contributed by atoms with van der Waals surface area (Å²) in [6.07, 6.45) is 14.1. The summed E-state index contributed by atoms with van der Waals surface area (Å²) >= 11 is 0. The molecule has 31 heavy (non-hydrogen) atoms. The van der Waals surface area contributed by atoms with Crippen molar-refractivity contribution in [2.75, 3.05) is 0 Å². The van der Waals surface area contributed by atoms with Crippen LogP contribution in [0.3, 0.4) is 0 Å². The monoisotopic (exact) mass is 401 g/mol. The zero-order chi connectivity index (χ0) is 21.4. The molecule has 0 amide bonds. The van der Waals surface area contributed by atoms with Crippen LogP contribution in [0.4, 0.5) is 0 Å². The normalized spacial score (nSPS) is 21.3. The predicted octanol–water partition coefficient (Wildman–Crippen LogP) is 7.38. The Morgan fingerprint density at radius 2 is 0.935 bits per heavy atom. The van der Waals surface area contributed by atoms with E-state index in [4.69, 9.17) is 0 Å².